The fraction of sp³-hybridized carbons (Fsp3) is 0.444. The van der Waals surface area contributed by atoms with E-state index >= 15 is 0 Å². The van der Waals surface area contributed by atoms with Gasteiger partial charge in [0, 0.05) is 26.1 Å². The van der Waals surface area contributed by atoms with Crippen LogP contribution in [0.15, 0.2) is 24.3 Å². The number of carbonyl (C=O) groups excluding carboxylic acids is 2. The summed E-state index contributed by atoms with van der Waals surface area (Å²) in [6.45, 7) is 7.37. The van der Waals surface area contributed by atoms with Crippen LogP contribution in [0.25, 0.3) is 5.69 Å². The maximum absolute atomic E-state index is 13.0. The molecule has 0 unspecified atom stereocenters. The third-order valence-corrected chi connectivity index (χ3v) is 4.15. The second-order valence-electron chi connectivity index (χ2n) is 5.84. The lowest BCUT2D eigenvalue weighted by molar-refractivity contribution is -0.130. The van der Waals surface area contributed by atoms with Gasteiger partial charge in [0.25, 0.3) is 5.91 Å². The molecule has 0 bridgehead atoms. The number of rotatable bonds is 8. The van der Waals surface area contributed by atoms with Crippen molar-refractivity contribution in [1.29, 1.82) is 0 Å². The highest BCUT2D eigenvalue weighted by molar-refractivity contribution is 5.93. The van der Waals surface area contributed by atoms with Crippen LogP contribution in [-0.2, 0) is 4.79 Å². The zero-order valence-electron chi connectivity index (χ0n) is 15.3. The minimum Gasteiger partial charge on any atom is -0.351 e. The van der Waals surface area contributed by atoms with Crippen molar-refractivity contribution < 1.29 is 14.0 Å². The first-order chi connectivity index (χ1) is 12.5. The van der Waals surface area contributed by atoms with E-state index in [1.54, 1.807) is 24.0 Å². The molecule has 0 atom stereocenters. The van der Waals surface area contributed by atoms with Gasteiger partial charge in [-0.15, -0.1) is 5.10 Å². The second-order valence-corrected chi connectivity index (χ2v) is 5.84. The molecular weight excluding hydrogens is 337 g/mol. The molecule has 0 saturated heterocycles. The third kappa shape index (κ3) is 4.65. The minimum atomic E-state index is -0.344. The quantitative estimate of drug-likeness (QED) is 0.730. The van der Waals surface area contributed by atoms with Gasteiger partial charge in [-0.3, -0.25) is 9.59 Å². The van der Waals surface area contributed by atoms with Crippen LogP contribution in [0.5, 0.6) is 0 Å². The predicted octanol–water partition coefficient (Wildman–Crippen LogP) is 2.09. The van der Waals surface area contributed by atoms with Crippen molar-refractivity contribution in [1.82, 2.24) is 25.2 Å². The molecule has 1 heterocycles. The summed E-state index contributed by atoms with van der Waals surface area (Å²) in [7, 11) is 0. The van der Waals surface area contributed by atoms with E-state index in [1.807, 2.05) is 13.8 Å². The molecule has 0 spiro atoms. The van der Waals surface area contributed by atoms with Crippen molar-refractivity contribution in [2.45, 2.75) is 33.6 Å². The molecule has 0 saturated carbocycles. The first-order valence-corrected chi connectivity index (χ1v) is 8.72. The van der Waals surface area contributed by atoms with E-state index in [0.29, 0.717) is 43.9 Å². The van der Waals surface area contributed by atoms with Crippen molar-refractivity contribution in [2.24, 2.45) is 0 Å². The van der Waals surface area contributed by atoms with Gasteiger partial charge in [-0.05, 0) is 51.5 Å². The maximum atomic E-state index is 13.0. The average Bonchev–Trinajstić information content (AvgIpc) is 3.02. The fourth-order valence-electron chi connectivity index (χ4n) is 2.63. The lowest BCUT2D eigenvalue weighted by Gasteiger charge is -2.18. The highest BCUT2D eigenvalue weighted by Crippen LogP contribution is 2.12. The largest absolute Gasteiger partial charge is 0.351 e. The monoisotopic (exact) mass is 361 g/mol. The zero-order valence-corrected chi connectivity index (χ0v) is 15.3. The number of aromatic nitrogens is 3. The van der Waals surface area contributed by atoms with Crippen molar-refractivity contribution in [2.75, 3.05) is 19.6 Å². The summed E-state index contributed by atoms with van der Waals surface area (Å²) in [6, 6.07) is 5.78. The van der Waals surface area contributed by atoms with Crippen LogP contribution in [0.4, 0.5) is 4.39 Å². The average molecular weight is 361 g/mol. The van der Waals surface area contributed by atoms with E-state index in [1.165, 1.54) is 16.8 Å². The van der Waals surface area contributed by atoms with Crippen LogP contribution >= 0.6 is 0 Å². The molecule has 2 amide bonds. The topological polar surface area (TPSA) is 80.1 Å². The summed E-state index contributed by atoms with van der Waals surface area (Å²) >= 11 is 0. The van der Waals surface area contributed by atoms with Gasteiger partial charge >= 0.3 is 0 Å². The van der Waals surface area contributed by atoms with Gasteiger partial charge in [0.05, 0.1) is 11.4 Å². The number of carbonyl (C=O) groups is 2. The molecule has 8 heteroatoms. The summed E-state index contributed by atoms with van der Waals surface area (Å²) in [6.07, 6.45) is 0.954. The number of hydrogen-bond donors (Lipinski definition) is 1. The van der Waals surface area contributed by atoms with E-state index in [-0.39, 0.29) is 23.3 Å². The van der Waals surface area contributed by atoms with Crippen molar-refractivity contribution >= 4 is 11.8 Å². The van der Waals surface area contributed by atoms with Gasteiger partial charge in [-0.25, -0.2) is 9.07 Å². The Balaban J connectivity index is 1.90. The Morgan fingerprint density at radius 2 is 1.85 bits per heavy atom. The fourth-order valence-corrected chi connectivity index (χ4v) is 2.63. The van der Waals surface area contributed by atoms with E-state index in [4.69, 9.17) is 0 Å². The first-order valence-electron chi connectivity index (χ1n) is 8.72. The normalized spacial score (nSPS) is 10.6. The molecule has 2 aromatic rings. The summed E-state index contributed by atoms with van der Waals surface area (Å²) < 4.78 is 14.5. The first kappa shape index (κ1) is 19.6. The molecule has 1 aromatic carbocycles. The Morgan fingerprint density at radius 3 is 2.46 bits per heavy atom. The van der Waals surface area contributed by atoms with Gasteiger partial charge in [0.15, 0.2) is 5.69 Å². The maximum Gasteiger partial charge on any atom is 0.273 e. The molecule has 0 aliphatic carbocycles. The lowest BCUT2D eigenvalue weighted by Crippen LogP contribution is -2.31. The second kappa shape index (κ2) is 9.07. The minimum absolute atomic E-state index is 0.0858. The van der Waals surface area contributed by atoms with E-state index < -0.39 is 0 Å². The van der Waals surface area contributed by atoms with Crippen LogP contribution in [0, 0.1) is 12.7 Å². The molecule has 1 N–H and O–H groups in total. The van der Waals surface area contributed by atoms with E-state index in [2.05, 4.69) is 15.6 Å². The van der Waals surface area contributed by atoms with Gasteiger partial charge in [0.1, 0.15) is 5.82 Å². The Labute approximate surface area is 152 Å². The Kier molecular flexibility index (Phi) is 6.82. The highest BCUT2D eigenvalue weighted by atomic mass is 19.1. The van der Waals surface area contributed by atoms with Crippen molar-refractivity contribution in [3.8, 4) is 5.69 Å². The Morgan fingerprint density at radius 1 is 1.19 bits per heavy atom. The Hall–Kier alpha value is -2.77. The number of halogens is 1. The SMILES string of the molecule is CCN(CC)C(=O)CCCNC(=O)c1nnn(-c2ccc(F)cc2)c1C. The van der Waals surface area contributed by atoms with Gasteiger partial charge in [0.2, 0.25) is 5.91 Å². The smallest absolute Gasteiger partial charge is 0.273 e. The molecule has 0 aliphatic heterocycles. The third-order valence-electron chi connectivity index (χ3n) is 4.15. The molecule has 0 radical (unpaired) electrons. The van der Waals surface area contributed by atoms with Crippen LogP contribution < -0.4 is 5.32 Å². The number of hydrogen-bond acceptors (Lipinski definition) is 4. The number of amides is 2. The van der Waals surface area contributed by atoms with Gasteiger partial charge < -0.3 is 10.2 Å². The summed E-state index contributed by atoms with van der Waals surface area (Å²) in [5.41, 5.74) is 1.40. The Bertz CT molecular complexity index is 753. The van der Waals surface area contributed by atoms with Gasteiger partial charge in [-0.1, -0.05) is 5.21 Å². The van der Waals surface area contributed by atoms with Crippen LogP contribution in [0.1, 0.15) is 42.9 Å². The molecule has 0 aliphatic rings. The van der Waals surface area contributed by atoms with E-state index in [0.717, 1.165) is 0 Å². The number of nitrogens with one attached hydrogen (secondary N) is 1. The molecule has 2 rings (SSSR count). The van der Waals surface area contributed by atoms with E-state index in [9.17, 15) is 14.0 Å². The molecular formula is C18H24FN5O2. The molecule has 26 heavy (non-hydrogen) atoms. The number of nitrogens with zero attached hydrogens (tertiary/aromatic N) is 4. The lowest BCUT2D eigenvalue weighted by atomic mass is 10.2. The molecule has 140 valence electrons. The van der Waals surface area contributed by atoms with Crippen LogP contribution in [-0.4, -0.2) is 51.3 Å². The summed E-state index contributed by atoms with van der Waals surface area (Å²) in [4.78, 5) is 26.0. The highest BCUT2D eigenvalue weighted by Gasteiger charge is 2.17. The van der Waals surface area contributed by atoms with Gasteiger partial charge in [-0.2, -0.15) is 0 Å². The summed E-state index contributed by atoms with van der Waals surface area (Å²) in [5.74, 6) is -0.599. The standard InChI is InChI=1S/C18H24FN5O2/c1-4-23(5-2)16(25)7-6-12-20-18(26)17-13(3)24(22-21-17)15-10-8-14(19)9-11-15/h8-11H,4-7,12H2,1-3H3,(H,20,26). The summed E-state index contributed by atoms with van der Waals surface area (Å²) in [5, 5.41) is 10.6. The molecule has 1 aromatic heterocycles. The molecule has 7 nitrogen and oxygen atoms in total. The van der Waals surface area contributed by atoms with Crippen molar-refractivity contribution in [3.63, 3.8) is 0 Å². The number of benzene rings is 1. The van der Waals surface area contributed by atoms with Crippen LogP contribution in [0.2, 0.25) is 0 Å². The molecule has 0 fully saturated rings. The van der Waals surface area contributed by atoms with Crippen LogP contribution in [0.3, 0.4) is 0 Å². The van der Waals surface area contributed by atoms with Crippen molar-refractivity contribution in [3.05, 3.63) is 41.5 Å². The predicted molar refractivity (Wildman–Crippen MR) is 95.5 cm³/mol. The zero-order chi connectivity index (χ0) is 19.1.